The van der Waals surface area contributed by atoms with Gasteiger partial charge in [0, 0.05) is 26.2 Å². The molecule has 2 aliphatic rings. The van der Waals surface area contributed by atoms with Crippen molar-refractivity contribution < 1.29 is 13.2 Å². The number of piperidine rings is 1. The van der Waals surface area contributed by atoms with E-state index in [9.17, 15) is 8.42 Å². The Bertz CT molecular complexity index is 304. The number of nitrogens with one attached hydrogen (secondary N) is 1. The van der Waals surface area contributed by atoms with E-state index in [1.165, 1.54) is 0 Å². The Labute approximate surface area is 97.2 Å². The lowest BCUT2D eigenvalue weighted by Crippen LogP contribution is -2.46. The second kappa shape index (κ2) is 5.44. The molecule has 5 nitrogen and oxygen atoms in total. The molecule has 0 aromatic rings. The zero-order valence-electron chi connectivity index (χ0n) is 9.52. The highest BCUT2D eigenvalue weighted by molar-refractivity contribution is 7.89. The monoisotopic (exact) mass is 248 g/mol. The third-order valence-corrected chi connectivity index (χ3v) is 5.54. The van der Waals surface area contributed by atoms with Crippen LogP contribution in [-0.4, -0.2) is 57.4 Å². The molecule has 1 unspecified atom stereocenters. The first-order valence-electron chi connectivity index (χ1n) is 5.99. The fourth-order valence-electron chi connectivity index (χ4n) is 2.26. The van der Waals surface area contributed by atoms with E-state index in [4.69, 9.17) is 4.74 Å². The number of ether oxygens (including phenoxy) is 1. The summed E-state index contributed by atoms with van der Waals surface area (Å²) in [7, 11) is -3.12. The molecule has 94 valence electrons. The van der Waals surface area contributed by atoms with Crippen LogP contribution in [0.25, 0.3) is 0 Å². The van der Waals surface area contributed by atoms with Crippen molar-refractivity contribution in [1.82, 2.24) is 9.62 Å². The summed E-state index contributed by atoms with van der Waals surface area (Å²) in [5, 5.41) is 2.92. The van der Waals surface area contributed by atoms with Gasteiger partial charge in [-0.1, -0.05) is 0 Å². The van der Waals surface area contributed by atoms with Crippen LogP contribution in [-0.2, 0) is 14.8 Å². The van der Waals surface area contributed by atoms with Crippen LogP contribution in [0.15, 0.2) is 0 Å². The normalized spacial score (nSPS) is 29.9. The molecule has 6 heteroatoms. The minimum absolute atomic E-state index is 0.237. The number of nitrogens with zero attached hydrogens (tertiary/aromatic N) is 1. The summed E-state index contributed by atoms with van der Waals surface area (Å²) in [5.41, 5.74) is 0. The Morgan fingerprint density at radius 1 is 1.19 bits per heavy atom. The molecular formula is C10H20N2O3S. The maximum Gasteiger partial charge on any atom is 0.218 e. The Hall–Kier alpha value is -0.170. The van der Waals surface area contributed by atoms with Gasteiger partial charge in [0.25, 0.3) is 0 Å². The van der Waals surface area contributed by atoms with Gasteiger partial charge in [-0.2, -0.15) is 4.31 Å². The van der Waals surface area contributed by atoms with Crippen molar-refractivity contribution >= 4 is 10.0 Å². The van der Waals surface area contributed by atoms with E-state index in [0.717, 1.165) is 25.8 Å². The molecule has 0 aromatic heterocycles. The van der Waals surface area contributed by atoms with Crippen molar-refractivity contribution in [3.05, 3.63) is 0 Å². The van der Waals surface area contributed by atoms with Crippen molar-refractivity contribution in [1.29, 1.82) is 0 Å². The summed E-state index contributed by atoms with van der Waals surface area (Å²) in [4.78, 5) is 0. The molecule has 2 aliphatic heterocycles. The first-order valence-corrected chi connectivity index (χ1v) is 7.49. The third kappa shape index (κ3) is 2.74. The van der Waals surface area contributed by atoms with Gasteiger partial charge in [-0.15, -0.1) is 0 Å². The number of rotatable bonds is 2. The van der Waals surface area contributed by atoms with Crippen molar-refractivity contribution in [2.24, 2.45) is 0 Å². The molecular weight excluding hydrogens is 228 g/mol. The van der Waals surface area contributed by atoms with Crippen LogP contribution in [0.1, 0.15) is 19.3 Å². The highest BCUT2D eigenvalue weighted by atomic mass is 32.2. The predicted octanol–water partition coefficient (Wildman–Crippen LogP) is -0.209. The van der Waals surface area contributed by atoms with Gasteiger partial charge >= 0.3 is 0 Å². The van der Waals surface area contributed by atoms with E-state index in [1.807, 2.05) is 0 Å². The SMILES string of the molecule is O=S(=O)(C1CCCNC1)N1CCCOCC1. The zero-order valence-corrected chi connectivity index (χ0v) is 10.3. The van der Waals surface area contributed by atoms with Gasteiger partial charge in [-0.3, -0.25) is 0 Å². The van der Waals surface area contributed by atoms with Crippen LogP contribution in [0.2, 0.25) is 0 Å². The molecule has 0 radical (unpaired) electrons. The minimum Gasteiger partial charge on any atom is -0.380 e. The summed E-state index contributed by atoms with van der Waals surface area (Å²) in [6, 6.07) is 0. The molecule has 0 bridgehead atoms. The average Bonchev–Trinajstić information content (AvgIpc) is 2.59. The Morgan fingerprint density at radius 2 is 2.06 bits per heavy atom. The molecule has 1 atom stereocenters. The van der Waals surface area contributed by atoms with Crippen molar-refractivity contribution in [2.75, 3.05) is 39.4 Å². The van der Waals surface area contributed by atoms with E-state index >= 15 is 0 Å². The standard InChI is InChI=1S/C10H20N2O3S/c13-16(14,10-3-1-4-11-9-10)12-5-2-7-15-8-6-12/h10-11H,1-9H2. The zero-order chi connectivity index (χ0) is 11.4. The fraction of sp³-hybridized carbons (Fsp3) is 1.00. The van der Waals surface area contributed by atoms with Crippen molar-refractivity contribution in [2.45, 2.75) is 24.5 Å². The van der Waals surface area contributed by atoms with Gasteiger partial charge in [-0.05, 0) is 25.8 Å². The highest BCUT2D eigenvalue weighted by Gasteiger charge is 2.33. The molecule has 2 fully saturated rings. The van der Waals surface area contributed by atoms with Crippen LogP contribution in [0.3, 0.4) is 0 Å². The molecule has 0 amide bonds. The lowest BCUT2D eigenvalue weighted by molar-refractivity contribution is 0.148. The topological polar surface area (TPSA) is 58.6 Å². The Morgan fingerprint density at radius 3 is 2.81 bits per heavy atom. The van der Waals surface area contributed by atoms with Gasteiger partial charge in [0.1, 0.15) is 0 Å². The van der Waals surface area contributed by atoms with Crippen LogP contribution in [0.4, 0.5) is 0 Å². The summed E-state index contributed by atoms with van der Waals surface area (Å²) in [6.45, 7) is 3.86. The van der Waals surface area contributed by atoms with E-state index in [1.54, 1.807) is 4.31 Å². The summed E-state index contributed by atoms with van der Waals surface area (Å²) >= 11 is 0. The molecule has 2 rings (SSSR count). The molecule has 0 spiro atoms. The van der Waals surface area contributed by atoms with Gasteiger partial charge in [-0.25, -0.2) is 8.42 Å². The Balaban J connectivity index is 2.03. The predicted molar refractivity (Wildman–Crippen MR) is 61.8 cm³/mol. The van der Waals surface area contributed by atoms with Crippen molar-refractivity contribution in [3.8, 4) is 0 Å². The van der Waals surface area contributed by atoms with Gasteiger partial charge in [0.15, 0.2) is 0 Å². The molecule has 2 heterocycles. The summed E-state index contributed by atoms with van der Waals surface area (Å²) in [6.07, 6.45) is 2.54. The molecule has 2 saturated heterocycles. The smallest absolute Gasteiger partial charge is 0.218 e. The van der Waals surface area contributed by atoms with Crippen LogP contribution >= 0.6 is 0 Å². The maximum atomic E-state index is 12.3. The quantitative estimate of drug-likeness (QED) is 0.734. The largest absolute Gasteiger partial charge is 0.380 e. The first kappa shape index (κ1) is 12.3. The van der Waals surface area contributed by atoms with E-state index in [2.05, 4.69) is 5.32 Å². The number of sulfonamides is 1. The van der Waals surface area contributed by atoms with Crippen LogP contribution in [0.5, 0.6) is 0 Å². The first-order chi connectivity index (χ1) is 7.71. The van der Waals surface area contributed by atoms with Crippen molar-refractivity contribution in [3.63, 3.8) is 0 Å². The lowest BCUT2D eigenvalue weighted by Gasteiger charge is -2.28. The van der Waals surface area contributed by atoms with Gasteiger partial charge in [0.2, 0.25) is 10.0 Å². The van der Waals surface area contributed by atoms with Gasteiger partial charge in [0.05, 0.1) is 11.9 Å². The maximum absolute atomic E-state index is 12.3. The molecule has 0 aromatic carbocycles. The van der Waals surface area contributed by atoms with E-state index in [-0.39, 0.29) is 5.25 Å². The lowest BCUT2D eigenvalue weighted by atomic mass is 10.2. The minimum atomic E-state index is -3.12. The summed E-state index contributed by atoms with van der Waals surface area (Å²) in [5.74, 6) is 0. The molecule has 16 heavy (non-hydrogen) atoms. The van der Waals surface area contributed by atoms with E-state index < -0.39 is 10.0 Å². The second-order valence-corrected chi connectivity index (χ2v) is 6.59. The summed E-state index contributed by atoms with van der Waals surface area (Å²) < 4.78 is 31.5. The van der Waals surface area contributed by atoms with Gasteiger partial charge < -0.3 is 10.1 Å². The highest BCUT2D eigenvalue weighted by Crippen LogP contribution is 2.17. The molecule has 0 aliphatic carbocycles. The Kier molecular flexibility index (Phi) is 4.18. The molecule has 1 N–H and O–H groups in total. The fourth-order valence-corrected chi connectivity index (χ4v) is 4.19. The molecule has 0 saturated carbocycles. The second-order valence-electron chi connectivity index (χ2n) is 4.38. The number of hydrogen-bond acceptors (Lipinski definition) is 4. The third-order valence-electron chi connectivity index (χ3n) is 3.21. The average molecular weight is 248 g/mol. The number of hydrogen-bond donors (Lipinski definition) is 1. The van der Waals surface area contributed by atoms with Crippen LogP contribution in [0, 0.1) is 0 Å². The van der Waals surface area contributed by atoms with Crippen LogP contribution < -0.4 is 5.32 Å². The van der Waals surface area contributed by atoms with E-state index in [0.29, 0.717) is 32.8 Å².